The van der Waals surface area contributed by atoms with E-state index >= 15 is 0 Å². The van der Waals surface area contributed by atoms with E-state index in [-0.39, 0.29) is 25.5 Å². The summed E-state index contributed by atoms with van der Waals surface area (Å²) in [5, 5.41) is 17.9. The Labute approximate surface area is 187 Å². The molecule has 1 aliphatic heterocycles. The molecule has 1 aromatic carbocycles. The number of carbonyl (C=O) groups is 3. The molecule has 3 amide bonds. The summed E-state index contributed by atoms with van der Waals surface area (Å²) in [6.07, 6.45) is 0.826. The summed E-state index contributed by atoms with van der Waals surface area (Å²) in [6.45, 7) is 4.14. The number of nitrogens with two attached hydrogens (primary N) is 3. The molecular formula is C20H33BN6O5. The number of carbonyl (C=O) groups excluding carboxylic acids is 3. The maximum Gasteiger partial charge on any atom is 0.492 e. The van der Waals surface area contributed by atoms with E-state index in [0.717, 1.165) is 5.56 Å². The van der Waals surface area contributed by atoms with Crippen LogP contribution in [0.15, 0.2) is 18.2 Å². The molecule has 0 saturated carbocycles. The topological polar surface area (TPSA) is 195 Å². The second kappa shape index (κ2) is 11.4. The van der Waals surface area contributed by atoms with Gasteiger partial charge in [-0.05, 0) is 49.8 Å². The van der Waals surface area contributed by atoms with Gasteiger partial charge in [0.15, 0.2) is 0 Å². The Morgan fingerprint density at radius 1 is 1.16 bits per heavy atom. The van der Waals surface area contributed by atoms with Gasteiger partial charge in [0.05, 0.1) is 24.1 Å². The van der Waals surface area contributed by atoms with Crippen molar-refractivity contribution >= 4 is 36.0 Å². The summed E-state index contributed by atoms with van der Waals surface area (Å²) in [6, 6.07) is 4.34. The van der Waals surface area contributed by atoms with E-state index < -0.39 is 36.5 Å². The van der Waals surface area contributed by atoms with Crippen molar-refractivity contribution in [2.75, 3.05) is 31.5 Å². The van der Waals surface area contributed by atoms with Crippen LogP contribution >= 0.6 is 0 Å². The Kier molecular flexibility index (Phi) is 9.16. The molecule has 0 aliphatic carbocycles. The Bertz CT molecular complexity index is 833. The lowest BCUT2D eigenvalue weighted by molar-refractivity contribution is -0.125. The molecule has 11 nitrogen and oxygen atoms in total. The highest BCUT2D eigenvalue weighted by Gasteiger charge is 2.40. The number of nitrogens with one attached hydrogen (secondary N) is 3. The maximum absolute atomic E-state index is 12.2. The highest BCUT2D eigenvalue weighted by molar-refractivity contribution is 6.62. The van der Waals surface area contributed by atoms with Gasteiger partial charge in [-0.1, -0.05) is 6.07 Å². The van der Waals surface area contributed by atoms with Crippen LogP contribution in [0.1, 0.15) is 32.3 Å². The monoisotopic (exact) mass is 448 g/mol. The van der Waals surface area contributed by atoms with Gasteiger partial charge in [0, 0.05) is 25.3 Å². The van der Waals surface area contributed by atoms with E-state index in [9.17, 15) is 19.4 Å². The molecule has 1 aliphatic rings. The molecule has 0 bridgehead atoms. The van der Waals surface area contributed by atoms with Crippen LogP contribution in [-0.2, 0) is 24.6 Å². The van der Waals surface area contributed by atoms with Crippen molar-refractivity contribution in [3.05, 3.63) is 23.8 Å². The zero-order valence-corrected chi connectivity index (χ0v) is 18.5. The lowest BCUT2D eigenvalue weighted by Crippen LogP contribution is -2.44. The van der Waals surface area contributed by atoms with Crippen LogP contribution < -0.4 is 38.6 Å². The minimum Gasteiger partial charge on any atom is -0.423 e. The molecule has 0 spiro atoms. The van der Waals surface area contributed by atoms with Crippen LogP contribution in [0, 0.1) is 5.92 Å². The van der Waals surface area contributed by atoms with E-state index in [1.54, 1.807) is 18.2 Å². The van der Waals surface area contributed by atoms with Crippen molar-refractivity contribution in [1.82, 2.24) is 10.6 Å². The number of fused-ring (bicyclic) bond motifs is 1. The molecule has 10 N–H and O–H groups in total. The third kappa shape index (κ3) is 6.74. The van der Waals surface area contributed by atoms with E-state index in [1.807, 2.05) is 13.8 Å². The SMILES string of the molecule is CC1(C)OB(O)c2cc(NC(=O)CNC(=O)C(N)CCCNC(=O)C(CN)CN)ccc21. The van der Waals surface area contributed by atoms with Gasteiger partial charge in [-0.15, -0.1) is 0 Å². The molecule has 1 heterocycles. The molecule has 1 aromatic rings. The van der Waals surface area contributed by atoms with Crippen LogP contribution in [0.25, 0.3) is 0 Å². The third-order valence-electron chi connectivity index (χ3n) is 5.35. The van der Waals surface area contributed by atoms with Gasteiger partial charge in [0.1, 0.15) is 0 Å². The first kappa shape index (κ1) is 25.8. The molecule has 0 aromatic heterocycles. The standard InChI is InChI=1S/C20H33BN6O5/c1-20(2)14-6-5-13(8-15(14)21(31)32-20)27-17(28)11-26-19(30)16(24)4-3-7-25-18(29)12(9-22)10-23/h5-6,8,12,16,31H,3-4,7,9-11,22-24H2,1-2H3,(H,25,29)(H,26,30)(H,27,28). The molecule has 0 fully saturated rings. The Balaban J connectivity index is 1.72. The summed E-state index contributed by atoms with van der Waals surface area (Å²) in [4.78, 5) is 36.1. The van der Waals surface area contributed by atoms with Crippen molar-refractivity contribution in [3.63, 3.8) is 0 Å². The lowest BCUT2D eigenvalue weighted by atomic mass is 9.78. The van der Waals surface area contributed by atoms with Gasteiger partial charge in [-0.3, -0.25) is 14.4 Å². The molecule has 1 atom stereocenters. The Hall–Kier alpha value is -2.51. The zero-order valence-electron chi connectivity index (χ0n) is 18.5. The largest absolute Gasteiger partial charge is 0.492 e. The highest BCUT2D eigenvalue weighted by atomic mass is 16.5. The van der Waals surface area contributed by atoms with Crippen LogP contribution in [0.2, 0.25) is 0 Å². The van der Waals surface area contributed by atoms with E-state index in [1.165, 1.54) is 0 Å². The molecule has 2 rings (SSSR count). The van der Waals surface area contributed by atoms with Gasteiger partial charge < -0.3 is 42.8 Å². The van der Waals surface area contributed by atoms with Gasteiger partial charge >= 0.3 is 7.12 Å². The van der Waals surface area contributed by atoms with Crippen molar-refractivity contribution in [2.45, 2.75) is 38.3 Å². The average Bonchev–Trinajstić information content (AvgIpc) is 2.97. The molecule has 0 saturated heterocycles. The highest BCUT2D eigenvalue weighted by Crippen LogP contribution is 2.30. The van der Waals surface area contributed by atoms with Gasteiger partial charge in [-0.2, -0.15) is 0 Å². The number of benzene rings is 1. The number of hydrogen-bond donors (Lipinski definition) is 7. The number of anilines is 1. The van der Waals surface area contributed by atoms with Gasteiger partial charge in [0.25, 0.3) is 0 Å². The second-order valence-corrected chi connectivity index (χ2v) is 8.26. The summed E-state index contributed by atoms with van der Waals surface area (Å²) in [5.41, 5.74) is 18.1. The van der Waals surface area contributed by atoms with Crippen molar-refractivity contribution in [1.29, 1.82) is 0 Å². The summed E-state index contributed by atoms with van der Waals surface area (Å²) in [5.74, 6) is -1.55. The lowest BCUT2D eigenvalue weighted by Gasteiger charge is -2.19. The summed E-state index contributed by atoms with van der Waals surface area (Å²) < 4.78 is 5.50. The Morgan fingerprint density at radius 2 is 1.84 bits per heavy atom. The van der Waals surface area contributed by atoms with Crippen LogP contribution in [-0.4, -0.2) is 62.1 Å². The second-order valence-electron chi connectivity index (χ2n) is 8.26. The minimum atomic E-state index is -1.06. The molecular weight excluding hydrogens is 415 g/mol. The quantitative estimate of drug-likeness (QED) is 0.142. The van der Waals surface area contributed by atoms with Gasteiger partial charge in [-0.25, -0.2) is 0 Å². The first-order valence-corrected chi connectivity index (χ1v) is 10.6. The first-order valence-electron chi connectivity index (χ1n) is 10.6. The van der Waals surface area contributed by atoms with Crippen LogP contribution in [0.4, 0.5) is 5.69 Å². The normalized spacial score (nSPS) is 15.3. The predicted octanol–water partition coefficient (Wildman–Crippen LogP) is -2.55. The van der Waals surface area contributed by atoms with Crippen molar-refractivity contribution in [2.24, 2.45) is 23.1 Å². The molecule has 12 heteroatoms. The zero-order chi connectivity index (χ0) is 23.9. The fraction of sp³-hybridized carbons (Fsp3) is 0.550. The average molecular weight is 448 g/mol. The predicted molar refractivity (Wildman–Crippen MR) is 122 cm³/mol. The number of amides is 3. The molecule has 0 radical (unpaired) electrons. The fourth-order valence-electron chi connectivity index (χ4n) is 3.42. The number of hydrogen-bond acceptors (Lipinski definition) is 8. The van der Waals surface area contributed by atoms with Crippen molar-refractivity contribution in [3.8, 4) is 0 Å². The minimum absolute atomic E-state index is 0.171. The summed E-state index contributed by atoms with van der Waals surface area (Å²) >= 11 is 0. The molecule has 32 heavy (non-hydrogen) atoms. The van der Waals surface area contributed by atoms with Crippen LogP contribution in [0.3, 0.4) is 0 Å². The summed E-state index contributed by atoms with van der Waals surface area (Å²) in [7, 11) is -1.06. The van der Waals surface area contributed by atoms with E-state index in [0.29, 0.717) is 30.5 Å². The van der Waals surface area contributed by atoms with Gasteiger partial charge in [0.2, 0.25) is 17.7 Å². The van der Waals surface area contributed by atoms with E-state index in [2.05, 4.69) is 16.0 Å². The Morgan fingerprint density at radius 3 is 2.50 bits per heavy atom. The molecule has 176 valence electrons. The fourth-order valence-corrected chi connectivity index (χ4v) is 3.42. The van der Waals surface area contributed by atoms with Crippen molar-refractivity contribution < 1.29 is 24.1 Å². The smallest absolute Gasteiger partial charge is 0.423 e. The first-order chi connectivity index (χ1) is 15.1. The van der Waals surface area contributed by atoms with Crippen LogP contribution in [0.5, 0.6) is 0 Å². The molecule has 1 unspecified atom stereocenters. The maximum atomic E-state index is 12.2. The van der Waals surface area contributed by atoms with E-state index in [4.69, 9.17) is 21.9 Å². The third-order valence-corrected chi connectivity index (χ3v) is 5.35. The number of rotatable bonds is 11.